The molecule has 6 rings (SSSR count). The number of hydrogen-bond acceptors (Lipinski definition) is 2. The first kappa shape index (κ1) is 23.9. The van der Waals surface area contributed by atoms with Crippen LogP contribution in [0, 0.1) is 32.5 Å². The molecule has 1 amide bonds. The van der Waals surface area contributed by atoms with E-state index in [0.717, 1.165) is 41.8 Å². The SMILES string of the molecule is Cc1ccc(-c2ccccc2F)c(C(=O)N2CCCC2(C)c2nc3cc(C)c(C)cc3n2CC2CC2)c1. The van der Waals surface area contributed by atoms with Gasteiger partial charge in [-0.2, -0.15) is 0 Å². The molecular weight excluding hydrogens is 461 g/mol. The molecule has 3 aromatic carbocycles. The lowest BCUT2D eigenvalue weighted by Crippen LogP contribution is -2.45. The van der Waals surface area contributed by atoms with Crippen molar-refractivity contribution in [3.8, 4) is 11.1 Å². The Morgan fingerprint density at radius 1 is 1.03 bits per heavy atom. The Kier molecular flexibility index (Phi) is 5.70. The summed E-state index contributed by atoms with van der Waals surface area (Å²) in [5, 5.41) is 0. The zero-order chi connectivity index (χ0) is 25.9. The van der Waals surface area contributed by atoms with Gasteiger partial charge in [-0.1, -0.05) is 35.9 Å². The fourth-order valence-electron chi connectivity index (χ4n) is 5.95. The highest BCUT2D eigenvalue weighted by atomic mass is 19.1. The number of aryl methyl sites for hydroxylation is 3. The Balaban J connectivity index is 1.48. The van der Waals surface area contributed by atoms with E-state index >= 15 is 0 Å². The highest BCUT2D eigenvalue weighted by molar-refractivity contribution is 6.01. The lowest BCUT2D eigenvalue weighted by atomic mass is 9.93. The summed E-state index contributed by atoms with van der Waals surface area (Å²) in [6.45, 7) is 10.0. The Labute approximate surface area is 218 Å². The first-order valence-electron chi connectivity index (χ1n) is 13.4. The quantitative estimate of drug-likeness (QED) is 0.291. The molecule has 1 saturated carbocycles. The van der Waals surface area contributed by atoms with E-state index in [1.165, 1.54) is 30.0 Å². The van der Waals surface area contributed by atoms with Crippen LogP contribution in [0.4, 0.5) is 4.39 Å². The van der Waals surface area contributed by atoms with Gasteiger partial charge in [0.05, 0.1) is 16.6 Å². The normalized spacial score (nSPS) is 19.6. The van der Waals surface area contributed by atoms with E-state index in [9.17, 15) is 9.18 Å². The molecule has 37 heavy (non-hydrogen) atoms. The van der Waals surface area contributed by atoms with Crippen molar-refractivity contribution in [2.24, 2.45) is 5.92 Å². The van der Waals surface area contributed by atoms with Crippen LogP contribution in [-0.4, -0.2) is 26.9 Å². The van der Waals surface area contributed by atoms with E-state index in [0.29, 0.717) is 29.2 Å². The summed E-state index contributed by atoms with van der Waals surface area (Å²) >= 11 is 0. The third-order valence-corrected chi connectivity index (χ3v) is 8.44. The van der Waals surface area contributed by atoms with Crippen molar-refractivity contribution in [3.63, 3.8) is 0 Å². The standard InChI is InChI=1S/C32H34FN3O/c1-20-10-13-24(25-8-5-6-9-27(25)33)26(16-20)30(37)36-15-7-14-32(36,4)31-34-28-17-21(2)22(3)18-29(28)35(31)19-23-11-12-23/h5-6,8-10,13,16-18,23H,7,11-12,14-15,19H2,1-4H3. The third-order valence-electron chi connectivity index (χ3n) is 8.44. The summed E-state index contributed by atoms with van der Waals surface area (Å²) in [6, 6.07) is 16.9. The number of nitrogens with zero attached hydrogens (tertiary/aromatic N) is 3. The van der Waals surface area contributed by atoms with Crippen molar-refractivity contribution in [1.82, 2.24) is 14.5 Å². The Morgan fingerprint density at radius 3 is 2.54 bits per heavy atom. The molecule has 5 heteroatoms. The highest BCUT2D eigenvalue weighted by Crippen LogP contribution is 2.43. The Morgan fingerprint density at radius 2 is 1.78 bits per heavy atom. The van der Waals surface area contributed by atoms with Crippen molar-refractivity contribution in [3.05, 3.63) is 88.5 Å². The summed E-state index contributed by atoms with van der Waals surface area (Å²) in [5.74, 6) is 1.28. The van der Waals surface area contributed by atoms with Crippen LogP contribution in [0.25, 0.3) is 22.2 Å². The molecule has 1 aliphatic carbocycles. The van der Waals surface area contributed by atoms with E-state index in [4.69, 9.17) is 4.98 Å². The van der Waals surface area contributed by atoms with Crippen LogP contribution >= 0.6 is 0 Å². The molecule has 2 fully saturated rings. The minimum absolute atomic E-state index is 0.0562. The monoisotopic (exact) mass is 495 g/mol. The van der Waals surface area contributed by atoms with E-state index in [-0.39, 0.29) is 11.7 Å². The number of rotatable bonds is 5. The number of imidazole rings is 1. The molecular formula is C32H34FN3O. The largest absolute Gasteiger partial charge is 0.326 e. The van der Waals surface area contributed by atoms with E-state index in [1.54, 1.807) is 12.1 Å². The minimum Gasteiger partial charge on any atom is -0.326 e. The number of fused-ring (bicyclic) bond motifs is 1. The maximum Gasteiger partial charge on any atom is 0.255 e. The van der Waals surface area contributed by atoms with Gasteiger partial charge in [0.2, 0.25) is 0 Å². The number of halogens is 1. The first-order chi connectivity index (χ1) is 17.8. The van der Waals surface area contributed by atoms with Crippen LogP contribution < -0.4 is 0 Å². The number of aromatic nitrogens is 2. The van der Waals surface area contributed by atoms with Crippen LogP contribution in [0.3, 0.4) is 0 Å². The molecule has 0 radical (unpaired) electrons. The average molecular weight is 496 g/mol. The number of benzene rings is 3. The van der Waals surface area contributed by atoms with Crippen LogP contribution in [-0.2, 0) is 12.1 Å². The Bertz CT molecular complexity index is 1530. The molecule has 1 saturated heterocycles. The molecule has 0 N–H and O–H groups in total. The van der Waals surface area contributed by atoms with E-state index in [2.05, 4.69) is 37.5 Å². The van der Waals surface area contributed by atoms with Gasteiger partial charge in [-0.25, -0.2) is 9.37 Å². The molecule has 1 aliphatic heterocycles. The van der Waals surface area contributed by atoms with Gasteiger partial charge in [0.15, 0.2) is 0 Å². The highest BCUT2D eigenvalue weighted by Gasteiger charge is 2.46. The topological polar surface area (TPSA) is 38.1 Å². The lowest BCUT2D eigenvalue weighted by molar-refractivity contribution is 0.0598. The fourth-order valence-corrected chi connectivity index (χ4v) is 5.95. The van der Waals surface area contributed by atoms with Gasteiger partial charge < -0.3 is 9.47 Å². The fraction of sp³-hybridized carbons (Fsp3) is 0.375. The van der Waals surface area contributed by atoms with E-state index < -0.39 is 5.54 Å². The predicted octanol–water partition coefficient (Wildman–Crippen LogP) is 7.33. The molecule has 4 nitrogen and oxygen atoms in total. The number of carbonyl (C=O) groups excluding carboxylic acids is 1. The number of carbonyl (C=O) groups is 1. The molecule has 0 bridgehead atoms. The first-order valence-corrected chi connectivity index (χ1v) is 13.4. The molecule has 0 spiro atoms. The smallest absolute Gasteiger partial charge is 0.255 e. The molecule has 2 heterocycles. The second kappa shape index (κ2) is 8.83. The molecule has 1 atom stereocenters. The summed E-state index contributed by atoms with van der Waals surface area (Å²) in [7, 11) is 0. The third kappa shape index (κ3) is 4.05. The molecule has 4 aromatic rings. The molecule has 190 valence electrons. The molecule has 1 unspecified atom stereocenters. The minimum atomic E-state index is -0.539. The zero-order valence-corrected chi connectivity index (χ0v) is 22.1. The van der Waals surface area contributed by atoms with Gasteiger partial charge in [0.1, 0.15) is 11.6 Å². The van der Waals surface area contributed by atoms with Crippen LogP contribution in [0.1, 0.15) is 65.5 Å². The van der Waals surface area contributed by atoms with Crippen LogP contribution in [0.5, 0.6) is 0 Å². The van der Waals surface area contributed by atoms with Crippen molar-refractivity contribution in [2.45, 2.75) is 65.5 Å². The van der Waals surface area contributed by atoms with Crippen molar-refractivity contribution >= 4 is 16.9 Å². The second-order valence-electron chi connectivity index (χ2n) is 11.3. The second-order valence-corrected chi connectivity index (χ2v) is 11.3. The van der Waals surface area contributed by atoms with Gasteiger partial charge in [0.25, 0.3) is 5.91 Å². The van der Waals surface area contributed by atoms with Gasteiger partial charge in [-0.05, 0) is 100 Å². The van der Waals surface area contributed by atoms with Crippen LogP contribution in [0.15, 0.2) is 54.6 Å². The molecule has 1 aromatic heterocycles. The lowest BCUT2D eigenvalue weighted by Gasteiger charge is -2.36. The van der Waals surface area contributed by atoms with Gasteiger partial charge in [-0.3, -0.25) is 4.79 Å². The number of amides is 1. The maximum absolute atomic E-state index is 14.8. The van der Waals surface area contributed by atoms with E-state index in [1.807, 2.05) is 36.1 Å². The summed E-state index contributed by atoms with van der Waals surface area (Å²) in [5.41, 5.74) is 6.74. The van der Waals surface area contributed by atoms with Crippen molar-refractivity contribution in [2.75, 3.05) is 6.54 Å². The van der Waals surface area contributed by atoms with Crippen molar-refractivity contribution in [1.29, 1.82) is 0 Å². The predicted molar refractivity (Wildman–Crippen MR) is 146 cm³/mol. The maximum atomic E-state index is 14.8. The van der Waals surface area contributed by atoms with Gasteiger partial charge in [-0.15, -0.1) is 0 Å². The summed E-state index contributed by atoms with van der Waals surface area (Å²) in [6.07, 6.45) is 4.26. The van der Waals surface area contributed by atoms with Gasteiger partial charge >= 0.3 is 0 Å². The summed E-state index contributed by atoms with van der Waals surface area (Å²) < 4.78 is 17.2. The van der Waals surface area contributed by atoms with Gasteiger partial charge in [0, 0.05) is 24.2 Å². The molecule has 2 aliphatic rings. The number of likely N-dealkylation sites (tertiary alicyclic amines) is 1. The van der Waals surface area contributed by atoms with Crippen molar-refractivity contribution < 1.29 is 9.18 Å². The number of hydrogen-bond donors (Lipinski definition) is 0. The Hall–Kier alpha value is -3.47. The van der Waals surface area contributed by atoms with Crippen LogP contribution in [0.2, 0.25) is 0 Å². The zero-order valence-electron chi connectivity index (χ0n) is 22.1. The summed E-state index contributed by atoms with van der Waals surface area (Å²) in [4.78, 5) is 21.5. The average Bonchev–Trinajstić information content (AvgIpc) is 3.51.